The zero-order valence-electron chi connectivity index (χ0n) is 8.04. The predicted molar refractivity (Wildman–Crippen MR) is 57.6 cm³/mol. The van der Waals surface area contributed by atoms with E-state index in [4.69, 9.17) is 21.5 Å². The standard InChI is InChI=1S/C9H6ClN5O/c10-7-4-2-1-3-6(7)9-14-13-8(16-9)5-12-15-11/h1-4H,5H2. The van der Waals surface area contributed by atoms with Gasteiger partial charge in [0, 0.05) is 4.91 Å². The molecule has 7 heteroatoms. The minimum Gasteiger partial charge on any atom is -0.421 e. The lowest BCUT2D eigenvalue weighted by Gasteiger charge is -1.96. The van der Waals surface area contributed by atoms with E-state index >= 15 is 0 Å². The molecule has 1 aromatic heterocycles. The van der Waals surface area contributed by atoms with Crippen LogP contribution in [0, 0.1) is 0 Å². The average Bonchev–Trinajstić information content (AvgIpc) is 2.75. The number of rotatable bonds is 3. The van der Waals surface area contributed by atoms with Gasteiger partial charge in [0.25, 0.3) is 0 Å². The molecule has 0 amide bonds. The molecular formula is C9H6ClN5O. The van der Waals surface area contributed by atoms with Crippen molar-refractivity contribution in [3.8, 4) is 11.5 Å². The molecule has 0 atom stereocenters. The molecule has 0 saturated carbocycles. The molecule has 0 aliphatic carbocycles. The number of nitrogens with zero attached hydrogens (tertiary/aromatic N) is 5. The zero-order valence-corrected chi connectivity index (χ0v) is 8.79. The molecule has 2 rings (SSSR count). The Labute approximate surface area is 95.5 Å². The fourth-order valence-corrected chi connectivity index (χ4v) is 1.37. The summed E-state index contributed by atoms with van der Waals surface area (Å²) >= 11 is 5.96. The van der Waals surface area contributed by atoms with Crippen LogP contribution in [0.2, 0.25) is 5.02 Å². The van der Waals surface area contributed by atoms with Crippen LogP contribution in [-0.4, -0.2) is 10.2 Å². The minimum absolute atomic E-state index is 0.0357. The highest BCUT2D eigenvalue weighted by atomic mass is 35.5. The molecule has 0 N–H and O–H groups in total. The monoisotopic (exact) mass is 235 g/mol. The van der Waals surface area contributed by atoms with Crippen molar-refractivity contribution >= 4 is 11.6 Å². The third-order valence-electron chi connectivity index (χ3n) is 1.84. The largest absolute Gasteiger partial charge is 0.421 e. The van der Waals surface area contributed by atoms with Gasteiger partial charge in [0.05, 0.1) is 10.6 Å². The highest BCUT2D eigenvalue weighted by Gasteiger charge is 2.10. The van der Waals surface area contributed by atoms with Gasteiger partial charge in [-0.25, -0.2) is 0 Å². The molecule has 2 aromatic rings. The van der Waals surface area contributed by atoms with Gasteiger partial charge in [0.1, 0.15) is 6.54 Å². The Balaban J connectivity index is 2.31. The zero-order chi connectivity index (χ0) is 11.4. The molecule has 80 valence electrons. The maximum absolute atomic E-state index is 8.14. The summed E-state index contributed by atoms with van der Waals surface area (Å²) in [7, 11) is 0. The molecule has 6 nitrogen and oxygen atoms in total. The normalized spacial score (nSPS) is 9.81. The highest BCUT2D eigenvalue weighted by molar-refractivity contribution is 6.33. The summed E-state index contributed by atoms with van der Waals surface area (Å²) in [4.78, 5) is 2.60. The lowest BCUT2D eigenvalue weighted by Crippen LogP contribution is -1.78. The van der Waals surface area contributed by atoms with Crippen molar-refractivity contribution in [1.29, 1.82) is 0 Å². The van der Waals surface area contributed by atoms with E-state index in [9.17, 15) is 0 Å². The Morgan fingerprint density at radius 2 is 2.19 bits per heavy atom. The van der Waals surface area contributed by atoms with Gasteiger partial charge < -0.3 is 4.42 Å². The van der Waals surface area contributed by atoms with Gasteiger partial charge in [-0.2, -0.15) is 0 Å². The van der Waals surface area contributed by atoms with Crippen molar-refractivity contribution in [2.45, 2.75) is 6.54 Å². The number of hydrogen-bond acceptors (Lipinski definition) is 4. The summed E-state index contributed by atoms with van der Waals surface area (Å²) in [5.41, 5.74) is 8.80. The van der Waals surface area contributed by atoms with Crippen LogP contribution in [-0.2, 0) is 6.54 Å². The summed E-state index contributed by atoms with van der Waals surface area (Å²) in [6.07, 6.45) is 0. The average molecular weight is 236 g/mol. The molecule has 0 unspecified atom stereocenters. The van der Waals surface area contributed by atoms with Crippen LogP contribution < -0.4 is 0 Å². The van der Waals surface area contributed by atoms with E-state index in [-0.39, 0.29) is 12.4 Å². The summed E-state index contributed by atoms with van der Waals surface area (Å²) in [5, 5.41) is 11.4. The predicted octanol–water partition coefficient (Wildman–Crippen LogP) is 3.20. The van der Waals surface area contributed by atoms with E-state index in [1.807, 2.05) is 12.1 Å². The van der Waals surface area contributed by atoms with Crippen molar-refractivity contribution in [3.63, 3.8) is 0 Å². The van der Waals surface area contributed by atoms with Crippen LogP contribution in [0.1, 0.15) is 5.89 Å². The van der Waals surface area contributed by atoms with E-state index in [1.165, 1.54) is 0 Å². The van der Waals surface area contributed by atoms with Gasteiger partial charge in [0.2, 0.25) is 11.8 Å². The van der Waals surface area contributed by atoms with E-state index in [1.54, 1.807) is 12.1 Å². The quantitative estimate of drug-likeness (QED) is 0.465. The number of aromatic nitrogens is 2. The third kappa shape index (κ3) is 2.13. The summed E-state index contributed by atoms with van der Waals surface area (Å²) in [6, 6.07) is 7.13. The van der Waals surface area contributed by atoms with Crippen molar-refractivity contribution < 1.29 is 4.42 Å². The number of benzene rings is 1. The Morgan fingerprint density at radius 3 is 2.94 bits per heavy atom. The molecule has 0 bridgehead atoms. The Kier molecular flexibility index (Phi) is 3.05. The fourth-order valence-electron chi connectivity index (χ4n) is 1.15. The van der Waals surface area contributed by atoms with Crippen molar-refractivity contribution in [1.82, 2.24) is 10.2 Å². The van der Waals surface area contributed by atoms with Gasteiger partial charge in [-0.1, -0.05) is 28.8 Å². The second kappa shape index (κ2) is 4.65. The van der Waals surface area contributed by atoms with Gasteiger partial charge >= 0.3 is 0 Å². The molecule has 16 heavy (non-hydrogen) atoms. The fraction of sp³-hybridized carbons (Fsp3) is 0.111. The topological polar surface area (TPSA) is 87.7 Å². The first-order valence-corrected chi connectivity index (χ1v) is 4.77. The number of hydrogen-bond donors (Lipinski definition) is 0. The smallest absolute Gasteiger partial charge is 0.249 e. The van der Waals surface area contributed by atoms with Crippen LogP contribution in [0.3, 0.4) is 0 Å². The van der Waals surface area contributed by atoms with Gasteiger partial charge in [-0.05, 0) is 17.7 Å². The lowest BCUT2D eigenvalue weighted by atomic mass is 10.2. The molecular weight excluding hydrogens is 230 g/mol. The molecule has 0 radical (unpaired) electrons. The van der Waals surface area contributed by atoms with Gasteiger partial charge in [-0.3, -0.25) is 0 Å². The third-order valence-corrected chi connectivity index (χ3v) is 2.17. The summed E-state index contributed by atoms with van der Waals surface area (Å²) in [6.45, 7) is 0.0357. The first-order valence-electron chi connectivity index (χ1n) is 4.39. The molecule has 0 aliphatic heterocycles. The lowest BCUT2D eigenvalue weighted by molar-refractivity contribution is 0.508. The van der Waals surface area contributed by atoms with Crippen LogP contribution in [0.4, 0.5) is 0 Å². The van der Waals surface area contributed by atoms with Crippen molar-refractivity contribution in [3.05, 3.63) is 45.6 Å². The van der Waals surface area contributed by atoms with Crippen molar-refractivity contribution in [2.24, 2.45) is 5.11 Å². The maximum Gasteiger partial charge on any atom is 0.249 e. The molecule has 0 aliphatic rings. The van der Waals surface area contributed by atoms with E-state index in [0.29, 0.717) is 16.5 Å². The van der Waals surface area contributed by atoms with Crippen LogP contribution in [0.5, 0.6) is 0 Å². The van der Waals surface area contributed by atoms with Crippen LogP contribution in [0.25, 0.3) is 21.9 Å². The summed E-state index contributed by atoms with van der Waals surface area (Å²) < 4.78 is 5.28. The molecule has 0 saturated heterocycles. The van der Waals surface area contributed by atoms with Gasteiger partial charge in [-0.15, -0.1) is 10.2 Å². The maximum atomic E-state index is 8.14. The molecule has 1 aromatic carbocycles. The first-order chi connectivity index (χ1) is 7.81. The number of azide groups is 1. The Bertz CT molecular complexity index is 546. The molecule has 0 spiro atoms. The van der Waals surface area contributed by atoms with E-state index in [2.05, 4.69) is 20.2 Å². The second-order valence-electron chi connectivity index (χ2n) is 2.87. The summed E-state index contributed by atoms with van der Waals surface area (Å²) in [5.74, 6) is 0.571. The first kappa shape index (κ1) is 10.5. The van der Waals surface area contributed by atoms with E-state index in [0.717, 1.165) is 0 Å². The minimum atomic E-state index is 0.0357. The van der Waals surface area contributed by atoms with E-state index < -0.39 is 0 Å². The highest BCUT2D eigenvalue weighted by Crippen LogP contribution is 2.26. The molecule has 1 heterocycles. The Hall–Kier alpha value is -2.04. The second-order valence-corrected chi connectivity index (χ2v) is 3.28. The van der Waals surface area contributed by atoms with Gasteiger partial charge in [0.15, 0.2) is 0 Å². The van der Waals surface area contributed by atoms with Crippen molar-refractivity contribution in [2.75, 3.05) is 0 Å². The SMILES string of the molecule is [N-]=[N+]=NCc1nnc(-c2ccccc2Cl)o1. The van der Waals surface area contributed by atoms with Crippen LogP contribution >= 0.6 is 11.6 Å². The molecule has 0 fully saturated rings. The van der Waals surface area contributed by atoms with Crippen LogP contribution in [0.15, 0.2) is 33.8 Å². The number of halogens is 1. The Morgan fingerprint density at radius 1 is 1.38 bits per heavy atom.